The van der Waals surface area contributed by atoms with Crippen molar-refractivity contribution < 1.29 is 23.8 Å². The van der Waals surface area contributed by atoms with E-state index in [2.05, 4.69) is 5.32 Å². The molecule has 0 saturated carbocycles. The van der Waals surface area contributed by atoms with E-state index in [0.717, 1.165) is 11.3 Å². The van der Waals surface area contributed by atoms with Gasteiger partial charge in [0.2, 0.25) is 0 Å². The zero-order valence-corrected chi connectivity index (χ0v) is 16.5. The number of carbonyl (C=O) groups excluding carboxylic acids is 1. The first-order valence-corrected chi connectivity index (χ1v) is 9.07. The van der Waals surface area contributed by atoms with E-state index in [4.69, 9.17) is 13.9 Å². The normalized spacial score (nSPS) is 13.0. The van der Waals surface area contributed by atoms with Crippen molar-refractivity contribution in [2.24, 2.45) is 0 Å². The maximum Gasteiger partial charge on any atom is 0.349 e. The van der Waals surface area contributed by atoms with Crippen molar-refractivity contribution in [2.75, 3.05) is 20.8 Å². The van der Waals surface area contributed by atoms with Crippen molar-refractivity contribution >= 4 is 16.9 Å². The van der Waals surface area contributed by atoms with Crippen LogP contribution in [0.4, 0.5) is 0 Å². The molecule has 29 heavy (non-hydrogen) atoms. The Morgan fingerprint density at radius 1 is 1.14 bits per heavy atom. The predicted octanol–water partition coefficient (Wildman–Crippen LogP) is 2.53. The SMILES string of the molecule is COc1ccc(CC(C)(O)CNC(=O)c2cc3cccc(OC)c3oc2=O)cc1. The van der Waals surface area contributed by atoms with E-state index in [-0.39, 0.29) is 17.7 Å². The van der Waals surface area contributed by atoms with Gasteiger partial charge in [0, 0.05) is 18.4 Å². The second-order valence-electron chi connectivity index (χ2n) is 7.03. The summed E-state index contributed by atoms with van der Waals surface area (Å²) in [5.41, 5.74) is -0.935. The lowest BCUT2D eigenvalue weighted by Gasteiger charge is -2.24. The summed E-state index contributed by atoms with van der Waals surface area (Å²) in [5.74, 6) is 0.522. The zero-order valence-electron chi connectivity index (χ0n) is 16.5. The fraction of sp³-hybridized carbons (Fsp3) is 0.273. The Balaban J connectivity index is 1.72. The van der Waals surface area contributed by atoms with Crippen LogP contribution >= 0.6 is 0 Å². The lowest BCUT2D eigenvalue weighted by Crippen LogP contribution is -2.43. The van der Waals surface area contributed by atoms with Crippen LogP contribution in [0.1, 0.15) is 22.8 Å². The second-order valence-corrected chi connectivity index (χ2v) is 7.03. The number of para-hydroxylation sites is 1. The third kappa shape index (κ3) is 4.75. The van der Waals surface area contributed by atoms with Crippen molar-refractivity contribution in [1.82, 2.24) is 5.32 Å². The number of aliphatic hydroxyl groups is 1. The Labute approximate surface area is 167 Å². The highest BCUT2D eigenvalue weighted by atomic mass is 16.5. The summed E-state index contributed by atoms with van der Waals surface area (Å²) >= 11 is 0. The largest absolute Gasteiger partial charge is 0.497 e. The Hall–Kier alpha value is -3.32. The third-order valence-corrected chi connectivity index (χ3v) is 4.56. The van der Waals surface area contributed by atoms with Crippen molar-refractivity contribution in [1.29, 1.82) is 0 Å². The quantitative estimate of drug-likeness (QED) is 0.595. The Bertz CT molecular complexity index is 1070. The zero-order chi connectivity index (χ0) is 21.0. The minimum Gasteiger partial charge on any atom is -0.497 e. The summed E-state index contributed by atoms with van der Waals surface area (Å²) in [6.07, 6.45) is 0.320. The van der Waals surface area contributed by atoms with Gasteiger partial charge >= 0.3 is 5.63 Å². The van der Waals surface area contributed by atoms with Gasteiger partial charge in [0.05, 0.1) is 19.8 Å². The molecule has 7 heteroatoms. The number of carbonyl (C=O) groups is 1. The molecule has 0 fully saturated rings. The molecular formula is C22H23NO6. The highest BCUT2D eigenvalue weighted by Gasteiger charge is 2.23. The molecule has 0 spiro atoms. The maximum atomic E-state index is 12.5. The average molecular weight is 397 g/mol. The van der Waals surface area contributed by atoms with Crippen LogP contribution in [0.5, 0.6) is 11.5 Å². The molecule has 1 amide bonds. The van der Waals surface area contributed by atoms with Crippen LogP contribution in [0, 0.1) is 0 Å². The first kappa shape index (κ1) is 20.4. The number of ether oxygens (including phenoxy) is 2. The average Bonchev–Trinajstić information content (AvgIpc) is 2.71. The van der Waals surface area contributed by atoms with Gasteiger partial charge in [-0.25, -0.2) is 4.79 Å². The lowest BCUT2D eigenvalue weighted by molar-refractivity contribution is 0.0551. The molecular weight excluding hydrogens is 374 g/mol. The molecule has 2 N–H and O–H groups in total. The molecule has 0 radical (unpaired) electrons. The number of fused-ring (bicyclic) bond motifs is 1. The van der Waals surface area contributed by atoms with Gasteiger partial charge in [0.15, 0.2) is 11.3 Å². The number of benzene rings is 2. The molecule has 1 atom stereocenters. The molecule has 2 aromatic carbocycles. The fourth-order valence-electron chi connectivity index (χ4n) is 3.05. The number of rotatable bonds is 7. The second kappa shape index (κ2) is 8.36. The van der Waals surface area contributed by atoms with E-state index in [1.165, 1.54) is 13.2 Å². The minimum absolute atomic E-state index is 0.0343. The molecule has 0 bridgehead atoms. The number of methoxy groups -OCH3 is 2. The summed E-state index contributed by atoms with van der Waals surface area (Å²) in [7, 11) is 3.06. The highest BCUT2D eigenvalue weighted by molar-refractivity contribution is 5.97. The van der Waals surface area contributed by atoms with Gasteiger partial charge in [0.1, 0.15) is 11.3 Å². The van der Waals surface area contributed by atoms with E-state index in [9.17, 15) is 14.7 Å². The van der Waals surface area contributed by atoms with Gasteiger partial charge in [-0.05, 0) is 36.8 Å². The monoisotopic (exact) mass is 397 g/mol. The summed E-state index contributed by atoms with van der Waals surface area (Å²) in [6.45, 7) is 1.58. The van der Waals surface area contributed by atoms with Gasteiger partial charge in [0.25, 0.3) is 5.91 Å². The molecule has 1 heterocycles. The Morgan fingerprint density at radius 3 is 2.52 bits per heavy atom. The van der Waals surface area contributed by atoms with Gasteiger partial charge < -0.3 is 24.3 Å². The first-order chi connectivity index (χ1) is 13.8. The van der Waals surface area contributed by atoms with E-state index in [1.807, 2.05) is 12.1 Å². The molecule has 3 aromatic rings. The summed E-state index contributed by atoms with van der Waals surface area (Å²) in [4.78, 5) is 24.8. The molecule has 3 rings (SSSR count). The smallest absolute Gasteiger partial charge is 0.349 e. The molecule has 0 aliphatic heterocycles. The van der Waals surface area contributed by atoms with E-state index in [0.29, 0.717) is 17.6 Å². The van der Waals surface area contributed by atoms with Gasteiger partial charge in [-0.2, -0.15) is 0 Å². The van der Waals surface area contributed by atoms with Gasteiger partial charge in [-0.15, -0.1) is 0 Å². The summed E-state index contributed by atoms with van der Waals surface area (Å²) in [5, 5.41) is 13.8. The van der Waals surface area contributed by atoms with E-state index < -0.39 is 17.1 Å². The van der Waals surface area contributed by atoms with Crippen molar-refractivity contribution in [2.45, 2.75) is 18.9 Å². The number of amides is 1. The van der Waals surface area contributed by atoms with Crippen molar-refractivity contribution in [3.8, 4) is 11.5 Å². The van der Waals surface area contributed by atoms with Gasteiger partial charge in [-0.1, -0.05) is 24.3 Å². The van der Waals surface area contributed by atoms with Crippen molar-refractivity contribution in [3.05, 3.63) is 70.1 Å². The van der Waals surface area contributed by atoms with Crippen LogP contribution in [-0.4, -0.2) is 37.4 Å². The van der Waals surface area contributed by atoms with E-state index in [1.54, 1.807) is 44.4 Å². The van der Waals surface area contributed by atoms with Crippen LogP contribution in [0.3, 0.4) is 0 Å². The highest BCUT2D eigenvalue weighted by Crippen LogP contribution is 2.24. The molecule has 1 unspecified atom stereocenters. The molecule has 1 aromatic heterocycles. The molecule has 0 saturated heterocycles. The van der Waals surface area contributed by atoms with Crippen LogP contribution in [-0.2, 0) is 6.42 Å². The summed E-state index contributed by atoms with van der Waals surface area (Å²) in [6, 6.07) is 13.9. The van der Waals surface area contributed by atoms with Crippen LogP contribution in [0.2, 0.25) is 0 Å². The Morgan fingerprint density at radius 2 is 1.86 bits per heavy atom. The molecule has 0 aliphatic rings. The molecule has 7 nitrogen and oxygen atoms in total. The minimum atomic E-state index is -1.20. The van der Waals surface area contributed by atoms with Crippen LogP contribution in [0.15, 0.2) is 57.7 Å². The topological polar surface area (TPSA) is 98.0 Å². The standard InChI is InChI=1S/C22H23NO6/c1-22(26,12-14-7-9-16(27-2)10-8-14)13-23-20(24)17-11-15-5-4-6-18(28-3)19(15)29-21(17)25/h4-11,26H,12-13H2,1-3H3,(H,23,24). The van der Waals surface area contributed by atoms with Crippen molar-refractivity contribution in [3.63, 3.8) is 0 Å². The maximum absolute atomic E-state index is 12.5. The number of hydrogen-bond donors (Lipinski definition) is 2. The predicted molar refractivity (Wildman–Crippen MR) is 109 cm³/mol. The lowest BCUT2D eigenvalue weighted by atomic mass is 9.96. The van der Waals surface area contributed by atoms with Crippen LogP contribution in [0.25, 0.3) is 11.0 Å². The first-order valence-electron chi connectivity index (χ1n) is 9.07. The van der Waals surface area contributed by atoms with Crippen LogP contribution < -0.4 is 20.4 Å². The number of hydrogen-bond acceptors (Lipinski definition) is 6. The summed E-state index contributed by atoms with van der Waals surface area (Å²) < 4.78 is 15.6. The Kier molecular flexibility index (Phi) is 5.89. The van der Waals surface area contributed by atoms with Gasteiger partial charge in [-0.3, -0.25) is 4.79 Å². The molecule has 152 valence electrons. The van der Waals surface area contributed by atoms with E-state index >= 15 is 0 Å². The molecule has 0 aliphatic carbocycles. The fourth-order valence-corrected chi connectivity index (χ4v) is 3.05. The third-order valence-electron chi connectivity index (χ3n) is 4.56. The number of nitrogens with one attached hydrogen (secondary N) is 1.